The van der Waals surface area contributed by atoms with Crippen molar-refractivity contribution in [3.05, 3.63) is 29.3 Å². The smallest absolute Gasteiger partial charge is 0.163 e. The molecule has 0 fully saturated rings. The van der Waals surface area contributed by atoms with Gasteiger partial charge in [0, 0.05) is 13.6 Å². The maximum Gasteiger partial charge on any atom is 0.163 e. The second kappa shape index (κ2) is 5.44. The Morgan fingerprint density at radius 3 is 2.74 bits per heavy atom. The second-order valence-corrected chi connectivity index (χ2v) is 4.35. The molecule has 0 radical (unpaired) electrons. The zero-order chi connectivity index (χ0) is 14.0. The van der Waals surface area contributed by atoms with Crippen molar-refractivity contribution in [3.8, 4) is 5.75 Å². The molecule has 0 aromatic carbocycles. The highest BCUT2D eigenvalue weighted by molar-refractivity contribution is 5.33. The van der Waals surface area contributed by atoms with Crippen LogP contribution in [0.5, 0.6) is 5.75 Å². The third-order valence-electron chi connectivity index (χ3n) is 3.23. The molecule has 1 N–H and O–H groups in total. The third-order valence-corrected chi connectivity index (χ3v) is 3.23. The highest BCUT2D eigenvalue weighted by Crippen LogP contribution is 2.29. The molecular formula is C13H20N4O2. The summed E-state index contributed by atoms with van der Waals surface area (Å²) in [6.07, 6.45) is 1.65. The number of ether oxygens (including phenoxy) is 1. The Kier molecular flexibility index (Phi) is 3.90. The lowest BCUT2D eigenvalue weighted by Crippen LogP contribution is -2.13. The fourth-order valence-electron chi connectivity index (χ4n) is 2.17. The number of aliphatic hydroxyl groups excluding tert-OH is 1. The van der Waals surface area contributed by atoms with E-state index in [9.17, 15) is 5.11 Å². The maximum absolute atomic E-state index is 10.6. The molecule has 0 aliphatic rings. The van der Waals surface area contributed by atoms with Crippen LogP contribution < -0.4 is 4.74 Å². The third kappa shape index (κ3) is 2.35. The van der Waals surface area contributed by atoms with E-state index in [1.807, 2.05) is 24.6 Å². The van der Waals surface area contributed by atoms with Crippen LogP contribution in [0.1, 0.15) is 37.0 Å². The molecule has 6 heteroatoms. The zero-order valence-corrected chi connectivity index (χ0v) is 11.8. The minimum Gasteiger partial charge on any atom is -0.493 e. The van der Waals surface area contributed by atoms with Gasteiger partial charge in [-0.1, -0.05) is 6.92 Å². The van der Waals surface area contributed by atoms with Gasteiger partial charge in [-0.3, -0.25) is 9.36 Å². The standard InChI is InChI=1S/C13H20N4O2/c1-5-9-7-10(17(6-2)15-9)13(18)12-11(19-4)8-14-16(12)3/h7-8,13,18H,5-6H2,1-4H3. The zero-order valence-electron chi connectivity index (χ0n) is 11.8. The van der Waals surface area contributed by atoms with Gasteiger partial charge < -0.3 is 9.84 Å². The van der Waals surface area contributed by atoms with E-state index >= 15 is 0 Å². The van der Waals surface area contributed by atoms with Gasteiger partial charge in [0.15, 0.2) is 5.75 Å². The Bertz CT molecular complexity index is 559. The van der Waals surface area contributed by atoms with E-state index in [4.69, 9.17) is 4.74 Å². The molecule has 19 heavy (non-hydrogen) atoms. The fourth-order valence-corrected chi connectivity index (χ4v) is 2.17. The predicted molar refractivity (Wildman–Crippen MR) is 71.1 cm³/mol. The number of aromatic nitrogens is 4. The van der Waals surface area contributed by atoms with Crippen molar-refractivity contribution >= 4 is 0 Å². The summed E-state index contributed by atoms with van der Waals surface area (Å²) in [5.41, 5.74) is 2.37. The quantitative estimate of drug-likeness (QED) is 0.883. The largest absolute Gasteiger partial charge is 0.493 e. The highest BCUT2D eigenvalue weighted by atomic mass is 16.5. The van der Waals surface area contributed by atoms with Crippen molar-refractivity contribution in [1.82, 2.24) is 19.6 Å². The van der Waals surface area contributed by atoms with Crippen LogP contribution in [0.4, 0.5) is 0 Å². The molecule has 0 amide bonds. The summed E-state index contributed by atoms with van der Waals surface area (Å²) in [4.78, 5) is 0. The molecule has 2 rings (SSSR count). The van der Waals surface area contributed by atoms with E-state index in [-0.39, 0.29) is 0 Å². The van der Waals surface area contributed by atoms with Gasteiger partial charge in [-0.15, -0.1) is 0 Å². The van der Waals surface area contributed by atoms with Gasteiger partial charge in [0.2, 0.25) is 0 Å². The molecular weight excluding hydrogens is 244 g/mol. The molecule has 0 bridgehead atoms. The molecule has 2 aromatic rings. The van der Waals surface area contributed by atoms with Gasteiger partial charge in [0.05, 0.1) is 24.7 Å². The van der Waals surface area contributed by atoms with E-state index < -0.39 is 6.10 Å². The summed E-state index contributed by atoms with van der Waals surface area (Å²) >= 11 is 0. The van der Waals surface area contributed by atoms with E-state index in [1.165, 1.54) is 0 Å². The summed E-state index contributed by atoms with van der Waals surface area (Å²) in [6.45, 7) is 4.76. The minimum absolute atomic E-state index is 0.580. The topological polar surface area (TPSA) is 65.1 Å². The minimum atomic E-state index is -0.796. The van der Waals surface area contributed by atoms with Crippen LogP contribution in [0.15, 0.2) is 12.3 Å². The van der Waals surface area contributed by atoms with E-state index in [1.54, 1.807) is 25.0 Å². The molecule has 2 aromatic heterocycles. The Morgan fingerprint density at radius 2 is 2.16 bits per heavy atom. The van der Waals surface area contributed by atoms with E-state index in [0.717, 1.165) is 17.8 Å². The van der Waals surface area contributed by atoms with E-state index in [0.29, 0.717) is 18.0 Å². The number of hydrogen-bond donors (Lipinski definition) is 1. The summed E-state index contributed by atoms with van der Waals surface area (Å²) < 4.78 is 8.68. The monoisotopic (exact) mass is 264 g/mol. The molecule has 0 saturated heterocycles. The number of nitrogens with zero attached hydrogens (tertiary/aromatic N) is 4. The number of hydrogen-bond acceptors (Lipinski definition) is 4. The van der Waals surface area contributed by atoms with Crippen LogP contribution in [0.25, 0.3) is 0 Å². The number of aliphatic hydroxyl groups is 1. The van der Waals surface area contributed by atoms with Gasteiger partial charge in [-0.25, -0.2) is 0 Å². The molecule has 2 heterocycles. The molecule has 1 unspecified atom stereocenters. The number of rotatable bonds is 5. The van der Waals surface area contributed by atoms with Crippen LogP contribution in [-0.4, -0.2) is 31.8 Å². The molecule has 6 nitrogen and oxygen atoms in total. The number of methoxy groups -OCH3 is 1. The fraction of sp³-hybridized carbons (Fsp3) is 0.538. The predicted octanol–water partition coefficient (Wildman–Crippen LogP) is 1.29. The summed E-state index contributed by atoms with van der Waals surface area (Å²) in [6, 6.07) is 1.93. The van der Waals surface area contributed by atoms with Gasteiger partial charge in [0.25, 0.3) is 0 Å². The summed E-state index contributed by atoms with van der Waals surface area (Å²) in [5, 5.41) is 19.2. The molecule has 0 spiro atoms. The first-order valence-corrected chi connectivity index (χ1v) is 6.42. The van der Waals surface area contributed by atoms with Gasteiger partial charge >= 0.3 is 0 Å². The Labute approximate surface area is 112 Å². The first-order valence-electron chi connectivity index (χ1n) is 6.42. The molecule has 104 valence electrons. The molecule has 1 atom stereocenters. The van der Waals surface area contributed by atoms with Crippen molar-refractivity contribution in [2.45, 2.75) is 32.9 Å². The average molecular weight is 264 g/mol. The van der Waals surface area contributed by atoms with Crippen molar-refractivity contribution < 1.29 is 9.84 Å². The van der Waals surface area contributed by atoms with E-state index in [2.05, 4.69) is 10.2 Å². The van der Waals surface area contributed by atoms with Crippen LogP contribution in [-0.2, 0) is 20.0 Å². The van der Waals surface area contributed by atoms with Crippen LogP contribution in [0.2, 0.25) is 0 Å². The lowest BCUT2D eigenvalue weighted by molar-refractivity contribution is 0.193. The van der Waals surface area contributed by atoms with Crippen molar-refractivity contribution in [2.75, 3.05) is 7.11 Å². The molecule has 0 saturated carbocycles. The van der Waals surface area contributed by atoms with Crippen LogP contribution in [0, 0.1) is 0 Å². The van der Waals surface area contributed by atoms with Gasteiger partial charge in [-0.2, -0.15) is 10.2 Å². The normalized spacial score (nSPS) is 12.7. The first kappa shape index (κ1) is 13.6. The maximum atomic E-state index is 10.6. The Morgan fingerprint density at radius 1 is 1.42 bits per heavy atom. The summed E-state index contributed by atoms with van der Waals surface area (Å²) in [7, 11) is 3.36. The van der Waals surface area contributed by atoms with Crippen molar-refractivity contribution in [2.24, 2.45) is 7.05 Å². The molecule has 0 aliphatic carbocycles. The highest BCUT2D eigenvalue weighted by Gasteiger charge is 2.23. The van der Waals surface area contributed by atoms with Crippen molar-refractivity contribution in [3.63, 3.8) is 0 Å². The SMILES string of the molecule is CCc1cc(C(O)c2c(OC)cnn2C)n(CC)n1. The van der Waals surface area contributed by atoms with Gasteiger partial charge in [-0.05, 0) is 19.4 Å². The Balaban J connectivity index is 2.45. The average Bonchev–Trinajstić information content (AvgIpc) is 3.00. The number of aryl methyl sites for hydroxylation is 3. The Hall–Kier alpha value is -1.82. The van der Waals surface area contributed by atoms with Crippen LogP contribution >= 0.6 is 0 Å². The lowest BCUT2D eigenvalue weighted by atomic mass is 10.1. The second-order valence-electron chi connectivity index (χ2n) is 4.35. The van der Waals surface area contributed by atoms with Crippen LogP contribution in [0.3, 0.4) is 0 Å². The summed E-state index contributed by atoms with van der Waals surface area (Å²) in [5.74, 6) is 0.580. The lowest BCUT2D eigenvalue weighted by Gasteiger charge is -2.14. The van der Waals surface area contributed by atoms with Gasteiger partial charge in [0.1, 0.15) is 11.8 Å². The first-order chi connectivity index (χ1) is 9.12. The molecule has 0 aliphatic heterocycles. The van der Waals surface area contributed by atoms with Crippen molar-refractivity contribution in [1.29, 1.82) is 0 Å².